The van der Waals surface area contributed by atoms with Crippen LogP contribution in [0.5, 0.6) is 5.88 Å². The van der Waals surface area contributed by atoms with Crippen LogP contribution in [0.2, 0.25) is 0 Å². The smallest absolute Gasteiger partial charge is 0.236 e. The van der Waals surface area contributed by atoms with E-state index in [4.69, 9.17) is 4.74 Å². The molecule has 0 aliphatic rings. The zero-order valence-electron chi connectivity index (χ0n) is 19.0. The quantitative estimate of drug-likeness (QED) is 0.370. The van der Waals surface area contributed by atoms with Crippen LogP contribution in [0, 0.1) is 5.92 Å². The molecule has 0 radical (unpaired) electrons. The number of anilines is 2. The third-order valence-corrected chi connectivity index (χ3v) is 6.69. The Balaban J connectivity index is 1.65. The minimum atomic E-state index is -0.769. The molecular formula is C23H29N5O2S2. The molecule has 2 aromatic heterocycles. The molecule has 0 aliphatic carbocycles. The minimum Gasteiger partial charge on any atom is -0.477 e. The van der Waals surface area contributed by atoms with Crippen molar-refractivity contribution in [3.8, 4) is 17.1 Å². The van der Waals surface area contributed by atoms with Crippen LogP contribution in [0.15, 0.2) is 42.0 Å². The molecule has 0 aliphatic heterocycles. The van der Waals surface area contributed by atoms with Gasteiger partial charge < -0.3 is 14.8 Å². The van der Waals surface area contributed by atoms with E-state index in [1.54, 1.807) is 24.3 Å². The molecule has 7 nitrogen and oxygen atoms in total. The predicted octanol–water partition coefficient (Wildman–Crippen LogP) is 5.63. The lowest BCUT2D eigenvalue weighted by Crippen LogP contribution is -2.35. The SMILES string of the molecule is CCOc1cncc(-c2ccc(NC(=O)C(C)(C)c3csc(NSCC(C)C)n3)cc2)n1. The second kappa shape index (κ2) is 10.8. The lowest BCUT2D eigenvalue weighted by molar-refractivity contribution is -0.120. The van der Waals surface area contributed by atoms with Gasteiger partial charge in [0.2, 0.25) is 11.8 Å². The van der Waals surface area contributed by atoms with Crippen LogP contribution in [0.25, 0.3) is 11.3 Å². The molecule has 0 saturated heterocycles. The highest BCUT2D eigenvalue weighted by Crippen LogP contribution is 2.30. The Kier molecular flexibility index (Phi) is 8.09. The van der Waals surface area contributed by atoms with Crippen LogP contribution >= 0.6 is 23.3 Å². The van der Waals surface area contributed by atoms with Crippen molar-refractivity contribution in [2.45, 2.75) is 40.0 Å². The second-order valence-corrected chi connectivity index (χ2v) is 9.86. The minimum absolute atomic E-state index is 0.116. The Bertz CT molecular complexity index is 1030. The molecule has 170 valence electrons. The van der Waals surface area contributed by atoms with E-state index in [1.807, 2.05) is 50.4 Å². The fraction of sp³-hybridized carbons (Fsp3) is 0.391. The maximum atomic E-state index is 13.0. The van der Waals surface area contributed by atoms with E-state index >= 15 is 0 Å². The van der Waals surface area contributed by atoms with Gasteiger partial charge in [-0.3, -0.25) is 9.78 Å². The molecule has 2 heterocycles. The van der Waals surface area contributed by atoms with Crippen molar-refractivity contribution in [2.24, 2.45) is 5.92 Å². The summed E-state index contributed by atoms with van der Waals surface area (Å²) in [6.45, 7) is 10.5. The number of carbonyl (C=O) groups is 1. The van der Waals surface area contributed by atoms with Crippen molar-refractivity contribution in [3.05, 3.63) is 47.7 Å². The predicted molar refractivity (Wildman–Crippen MR) is 133 cm³/mol. The summed E-state index contributed by atoms with van der Waals surface area (Å²) in [6.07, 6.45) is 3.28. The summed E-state index contributed by atoms with van der Waals surface area (Å²) < 4.78 is 8.68. The molecule has 2 N–H and O–H groups in total. The largest absolute Gasteiger partial charge is 0.477 e. The summed E-state index contributed by atoms with van der Waals surface area (Å²) in [7, 11) is 0. The fourth-order valence-electron chi connectivity index (χ4n) is 2.71. The maximum absolute atomic E-state index is 13.0. The highest BCUT2D eigenvalue weighted by atomic mass is 32.2. The molecule has 1 aromatic carbocycles. The Hall–Kier alpha value is -2.65. The van der Waals surface area contributed by atoms with Crippen LogP contribution in [0.1, 0.15) is 40.3 Å². The van der Waals surface area contributed by atoms with E-state index in [1.165, 1.54) is 11.3 Å². The number of nitrogens with zero attached hydrogens (tertiary/aromatic N) is 3. The molecule has 0 bridgehead atoms. The van der Waals surface area contributed by atoms with Crippen LogP contribution in [-0.2, 0) is 10.2 Å². The van der Waals surface area contributed by atoms with Crippen molar-refractivity contribution in [1.29, 1.82) is 0 Å². The molecular weight excluding hydrogens is 442 g/mol. The first kappa shape index (κ1) is 24.0. The number of carbonyl (C=O) groups excluding carboxylic acids is 1. The van der Waals surface area contributed by atoms with Gasteiger partial charge in [0.15, 0.2) is 5.13 Å². The van der Waals surface area contributed by atoms with Crippen LogP contribution in [0.3, 0.4) is 0 Å². The van der Waals surface area contributed by atoms with Crippen molar-refractivity contribution in [2.75, 3.05) is 22.4 Å². The highest BCUT2D eigenvalue weighted by Gasteiger charge is 2.32. The van der Waals surface area contributed by atoms with E-state index in [9.17, 15) is 4.79 Å². The molecule has 9 heteroatoms. The number of nitrogens with one attached hydrogen (secondary N) is 2. The van der Waals surface area contributed by atoms with Crippen LogP contribution in [0.4, 0.5) is 10.8 Å². The van der Waals surface area contributed by atoms with Gasteiger partial charge in [-0.1, -0.05) is 37.9 Å². The Morgan fingerprint density at radius 1 is 1.19 bits per heavy atom. The summed E-state index contributed by atoms with van der Waals surface area (Å²) >= 11 is 3.14. The number of benzene rings is 1. The molecule has 3 rings (SSSR count). The first-order valence-electron chi connectivity index (χ1n) is 10.5. The number of ether oxygens (including phenoxy) is 1. The normalized spacial score (nSPS) is 11.4. The third-order valence-electron chi connectivity index (χ3n) is 4.63. The molecule has 0 fully saturated rings. The summed E-state index contributed by atoms with van der Waals surface area (Å²) in [4.78, 5) is 26.2. The zero-order chi connectivity index (χ0) is 23.1. The van der Waals surface area contributed by atoms with Crippen molar-refractivity contribution in [1.82, 2.24) is 15.0 Å². The van der Waals surface area contributed by atoms with Gasteiger partial charge in [0.05, 0.1) is 35.8 Å². The first-order chi connectivity index (χ1) is 15.3. The summed E-state index contributed by atoms with van der Waals surface area (Å²) in [5.74, 6) is 1.97. The van der Waals surface area contributed by atoms with Gasteiger partial charge in [-0.05, 0) is 38.8 Å². The lowest BCUT2D eigenvalue weighted by atomic mass is 9.89. The molecule has 32 heavy (non-hydrogen) atoms. The monoisotopic (exact) mass is 471 g/mol. The highest BCUT2D eigenvalue weighted by molar-refractivity contribution is 8.00. The van der Waals surface area contributed by atoms with Gasteiger partial charge in [0.1, 0.15) is 0 Å². The van der Waals surface area contributed by atoms with E-state index < -0.39 is 5.41 Å². The third kappa shape index (κ3) is 6.20. The van der Waals surface area contributed by atoms with E-state index in [2.05, 4.69) is 38.8 Å². The summed E-state index contributed by atoms with van der Waals surface area (Å²) in [6, 6.07) is 7.52. The van der Waals surface area contributed by atoms with Gasteiger partial charge in [-0.15, -0.1) is 11.3 Å². The average Bonchev–Trinajstić information content (AvgIpc) is 3.24. The lowest BCUT2D eigenvalue weighted by Gasteiger charge is -2.21. The van der Waals surface area contributed by atoms with Crippen molar-refractivity contribution < 1.29 is 9.53 Å². The van der Waals surface area contributed by atoms with Crippen molar-refractivity contribution in [3.63, 3.8) is 0 Å². The van der Waals surface area contributed by atoms with E-state index in [0.717, 1.165) is 22.1 Å². The molecule has 0 unspecified atom stereocenters. The molecule has 0 saturated carbocycles. The molecule has 3 aromatic rings. The Labute approximate surface area is 197 Å². The van der Waals surface area contributed by atoms with Gasteiger partial charge in [-0.25, -0.2) is 9.97 Å². The standard InChI is InChI=1S/C23H29N5O2S2/c1-6-30-20-12-24-11-18(26-20)16-7-9-17(10-8-16)25-21(29)23(4,5)19-14-31-22(27-19)28-32-13-15(2)3/h7-12,14-15H,6,13H2,1-5H3,(H,25,29)(H,27,28). The first-order valence-corrected chi connectivity index (χ1v) is 12.4. The zero-order valence-corrected chi connectivity index (χ0v) is 20.6. The number of rotatable bonds is 10. The number of amides is 1. The summed E-state index contributed by atoms with van der Waals surface area (Å²) in [5, 5.41) is 5.74. The number of hydrogen-bond donors (Lipinski definition) is 2. The van der Waals surface area contributed by atoms with Gasteiger partial charge in [0.25, 0.3) is 0 Å². The molecule has 1 amide bonds. The van der Waals surface area contributed by atoms with Crippen LogP contribution in [-0.4, -0.2) is 33.2 Å². The van der Waals surface area contributed by atoms with Gasteiger partial charge in [-0.2, -0.15) is 0 Å². The van der Waals surface area contributed by atoms with E-state index in [-0.39, 0.29) is 5.91 Å². The van der Waals surface area contributed by atoms with Crippen LogP contribution < -0.4 is 14.8 Å². The Morgan fingerprint density at radius 2 is 1.94 bits per heavy atom. The topological polar surface area (TPSA) is 89.0 Å². The van der Waals surface area contributed by atoms with Crippen molar-refractivity contribution >= 4 is 40.0 Å². The van der Waals surface area contributed by atoms with Gasteiger partial charge in [0, 0.05) is 22.4 Å². The fourth-order valence-corrected chi connectivity index (χ4v) is 4.39. The second-order valence-electron chi connectivity index (χ2n) is 8.18. The number of thiazole rings is 1. The Morgan fingerprint density at radius 3 is 2.62 bits per heavy atom. The molecule has 0 atom stereocenters. The van der Waals surface area contributed by atoms with E-state index in [0.29, 0.717) is 29.8 Å². The van der Waals surface area contributed by atoms with Gasteiger partial charge >= 0.3 is 0 Å². The maximum Gasteiger partial charge on any atom is 0.236 e. The summed E-state index contributed by atoms with van der Waals surface area (Å²) in [5.41, 5.74) is 2.29. The number of hydrogen-bond acceptors (Lipinski definition) is 8. The molecule has 0 spiro atoms. The number of aromatic nitrogens is 3. The average molecular weight is 472 g/mol.